The molecule has 4 heteroatoms. The molecule has 2 atom stereocenters. The van der Waals surface area contributed by atoms with Crippen LogP contribution in [0.5, 0.6) is 0 Å². The first-order valence-corrected chi connectivity index (χ1v) is 5.85. The van der Waals surface area contributed by atoms with Crippen molar-refractivity contribution in [3.63, 3.8) is 0 Å². The van der Waals surface area contributed by atoms with Crippen LogP contribution in [0.3, 0.4) is 0 Å². The lowest BCUT2D eigenvalue weighted by Gasteiger charge is -2.09. The van der Waals surface area contributed by atoms with Gasteiger partial charge in [-0.15, -0.1) is 0 Å². The molecule has 90 valence electrons. The predicted molar refractivity (Wildman–Crippen MR) is 61.1 cm³/mol. The molecule has 0 spiro atoms. The molecule has 1 aliphatic heterocycles. The van der Waals surface area contributed by atoms with Crippen molar-refractivity contribution in [1.82, 2.24) is 10.6 Å². The molecule has 0 bridgehead atoms. The van der Waals surface area contributed by atoms with Gasteiger partial charge in [-0.05, 0) is 19.3 Å². The average molecular weight is 216 g/mol. The third kappa shape index (κ3) is 6.10. The van der Waals surface area contributed by atoms with Gasteiger partial charge in [-0.1, -0.05) is 0 Å². The fourth-order valence-electron chi connectivity index (χ4n) is 1.83. The highest BCUT2D eigenvalue weighted by atomic mass is 16.5. The maximum Gasteiger partial charge on any atom is 0.0587 e. The van der Waals surface area contributed by atoms with Crippen LogP contribution in [-0.4, -0.2) is 52.6 Å². The van der Waals surface area contributed by atoms with Crippen molar-refractivity contribution in [3.8, 4) is 0 Å². The smallest absolute Gasteiger partial charge is 0.0587 e. The van der Waals surface area contributed by atoms with Gasteiger partial charge in [0.1, 0.15) is 0 Å². The summed E-state index contributed by atoms with van der Waals surface area (Å²) in [5, 5.41) is 6.74. The topological polar surface area (TPSA) is 42.5 Å². The van der Waals surface area contributed by atoms with Gasteiger partial charge in [0.25, 0.3) is 0 Å². The van der Waals surface area contributed by atoms with Crippen LogP contribution >= 0.6 is 0 Å². The second-order valence-corrected chi connectivity index (χ2v) is 4.19. The molecule has 0 aromatic carbocycles. The van der Waals surface area contributed by atoms with Gasteiger partial charge < -0.3 is 20.1 Å². The minimum atomic E-state index is 0.455. The SMILES string of the molecule is COCCNCCNCC1COC(C)C1. The molecule has 15 heavy (non-hydrogen) atoms. The Morgan fingerprint density at radius 1 is 1.27 bits per heavy atom. The Kier molecular flexibility index (Phi) is 6.92. The van der Waals surface area contributed by atoms with E-state index in [9.17, 15) is 0 Å². The lowest BCUT2D eigenvalue weighted by molar-refractivity contribution is 0.120. The summed E-state index contributed by atoms with van der Waals surface area (Å²) in [7, 11) is 1.72. The molecular formula is C11H24N2O2. The summed E-state index contributed by atoms with van der Waals surface area (Å²) in [6, 6.07) is 0. The van der Waals surface area contributed by atoms with Gasteiger partial charge in [0.2, 0.25) is 0 Å². The minimum absolute atomic E-state index is 0.455. The number of ether oxygens (including phenoxy) is 2. The predicted octanol–water partition coefficient (Wildman–Crippen LogP) is 0.237. The zero-order valence-electron chi connectivity index (χ0n) is 9.92. The molecule has 2 unspecified atom stereocenters. The molecule has 1 aliphatic rings. The summed E-state index contributed by atoms with van der Waals surface area (Å²) in [6.07, 6.45) is 1.65. The Bertz CT molecular complexity index is 156. The van der Waals surface area contributed by atoms with E-state index < -0.39 is 0 Å². The van der Waals surface area contributed by atoms with Gasteiger partial charge in [0.05, 0.1) is 19.3 Å². The molecule has 1 heterocycles. The first-order chi connectivity index (χ1) is 7.33. The van der Waals surface area contributed by atoms with E-state index in [1.807, 2.05) is 0 Å². The highest BCUT2D eigenvalue weighted by molar-refractivity contribution is 4.72. The third-order valence-electron chi connectivity index (χ3n) is 2.68. The van der Waals surface area contributed by atoms with Crippen molar-refractivity contribution in [1.29, 1.82) is 0 Å². The molecule has 1 saturated heterocycles. The Balaban J connectivity index is 1.81. The molecule has 4 nitrogen and oxygen atoms in total. The number of methoxy groups -OCH3 is 1. The van der Waals surface area contributed by atoms with E-state index in [1.165, 1.54) is 6.42 Å². The molecule has 0 radical (unpaired) electrons. The van der Waals surface area contributed by atoms with Crippen LogP contribution in [0.25, 0.3) is 0 Å². The molecule has 0 aliphatic carbocycles. The zero-order chi connectivity index (χ0) is 10.9. The van der Waals surface area contributed by atoms with Crippen LogP contribution in [0.15, 0.2) is 0 Å². The molecule has 0 aromatic heterocycles. The van der Waals surface area contributed by atoms with Crippen LogP contribution in [0.4, 0.5) is 0 Å². The Hall–Kier alpha value is -0.160. The van der Waals surface area contributed by atoms with Crippen molar-refractivity contribution in [2.24, 2.45) is 5.92 Å². The molecule has 0 amide bonds. The number of hydrogen-bond donors (Lipinski definition) is 2. The normalized spacial score (nSPS) is 26.0. The second-order valence-electron chi connectivity index (χ2n) is 4.19. The maximum absolute atomic E-state index is 5.50. The zero-order valence-corrected chi connectivity index (χ0v) is 9.92. The van der Waals surface area contributed by atoms with Gasteiger partial charge in [-0.2, -0.15) is 0 Å². The fraction of sp³-hybridized carbons (Fsp3) is 1.00. The van der Waals surface area contributed by atoms with Crippen LogP contribution < -0.4 is 10.6 Å². The molecule has 2 N–H and O–H groups in total. The van der Waals surface area contributed by atoms with Crippen molar-refractivity contribution >= 4 is 0 Å². The standard InChI is InChI=1S/C11H24N2O2/c1-10-7-11(9-15-10)8-13-4-3-12-5-6-14-2/h10-13H,3-9H2,1-2H3. The minimum Gasteiger partial charge on any atom is -0.383 e. The van der Waals surface area contributed by atoms with E-state index in [2.05, 4.69) is 17.6 Å². The lowest BCUT2D eigenvalue weighted by atomic mass is 10.1. The maximum atomic E-state index is 5.50. The van der Waals surface area contributed by atoms with Crippen molar-refractivity contribution in [2.45, 2.75) is 19.4 Å². The summed E-state index contributed by atoms with van der Waals surface area (Å²) < 4.78 is 10.4. The van der Waals surface area contributed by atoms with Crippen molar-refractivity contribution in [3.05, 3.63) is 0 Å². The molecule has 1 rings (SSSR count). The monoisotopic (exact) mass is 216 g/mol. The Morgan fingerprint density at radius 2 is 2.07 bits per heavy atom. The van der Waals surface area contributed by atoms with E-state index in [0.29, 0.717) is 12.0 Å². The Morgan fingerprint density at radius 3 is 2.73 bits per heavy atom. The summed E-state index contributed by atoms with van der Waals surface area (Å²) in [6.45, 7) is 7.89. The first-order valence-electron chi connectivity index (χ1n) is 5.85. The highest BCUT2D eigenvalue weighted by Gasteiger charge is 2.20. The summed E-state index contributed by atoms with van der Waals surface area (Å²) in [5.41, 5.74) is 0. The van der Waals surface area contributed by atoms with Crippen LogP contribution in [0.2, 0.25) is 0 Å². The van der Waals surface area contributed by atoms with Gasteiger partial charge >= 0.3 is 0 Å². The molecule has 0 saturated carbocycles. The van der Waals surface area contributed by atoms with Crippen molar-refractivity contribution < 1.29 is 9.47 Å². The third-order valence-corrected chi connectivity index (χ3v) is 2.68. The number of rotatable bonds is 8. The van der Waals surface area contributed by atoms with Crippen LogP contribution in [0.1, 0.15) is 13.3 Å². The van der Waals surface area contributed by atoms with Gasteiger partial charge in [0.15, 0.2) is 0 Å². The van der Waals surface area contributed by atoms with E-state index in [-0.39, 0.29) is 0 Å². The summed E-state index contributed by atoms with van der Waals surface area (Å²) >= 11 is 0. The van der Waals surface area contributed by atoms with Gasteiger partial charge in [0, 0.05) is 33.3 Å². The summed E-state index contributed by atoms with van der Waals surface area (Å²) in [4.78, 5) is 0. The number of nitrogens with one attached hydrogen (secondary N) is 2. The second kappa shape index (κ2) is 8.05. The van der Waals surface area contributed by atoms with Crippen molar-refractivity contribution in [2.75, 3.05) is 46.5 Å². The first kappa shape index (κ1) is 12.9. The van der Waals surface area contributed by atoms with E-state index in [0.717, 1.165) is 39.4 Å². The highest BCUT2D eigenvalue weighted by Crippen LogP contribution is 2.17. The molecule has 1 fully saturated rings. The van der Waals surface area contributed by atoms with E-state index >= 15 is 0 Å². The average Bonchev–Trinajstić information content (AvgIpc) is 2.63. The molecule has 0 aromatic rings. The van der Waals surface area contributed by atoms with E-state index in [1.54, 1.807) is 7.11 Å². The van der Waals surface area contributed by atoms with E-state index in [4.69, 9.17) is 9.47 Å². The van der Waals surface area contributed by atoms with Crippen LogP contribution in [0, 0.1) is 5.92 Å². The number of hydrogen-bond acceptors (Lipinski definition) is 4. The molecular weight excluding hydrogens is 192 g/mol. The quantitative estimate of drug-likeness (QED) is 0.570. The fourth-order valence-corrected chi connectivity index (χ4v) is 1.83. The largest absolute Gasteiger partial charge is 0.383 e. The van der Waals surface area contributed by atoms with Gasteiger partial charge in [-0.25, -0.2) is 0 Å². The van der Waals surface area contributed by atoms with Gasteiger partial charge in [-0.3, -0.25) is 0 Å². The lowest BCUT2D eigenvalue weighted by Crippen LogP contribution is -2.32. The van der Waals surface area contributed by atoms with Crippen LogP contribution in [-0.2, 0) is 9.47 Å². The summed E-state index contributed by atoms with van der Waals surface area (Å²) in [5.74, 6) is 0.707. The Labute approximate surface area is 92.7 Å².